The number of halogens is 1. The van der Waals surface area contributed by atoms with E-state index in [0.29, 0.717) is 5.69 Å². The Bertz CT molecular complexity index is 702. The Hall–Kier alpha value is -2.09. The minimum Gasteiger partial charge on any atom is -0.431 e. The van der Waals surface area contributed by atoms with Gasteiger partial charge in [-0.2, -0.15) is 4.98 Å². The van der Waals surface area contributed by atoms with Crippen LogP contribution in [-0.4, -0.2) is 13.4 Å². The van der Waals surface area contributed by atoms with Crippen molar-refractivity contribution in [3.63, 3.8) is 0 Å². The van der Waals surface area contributed by atoms with Gasteiger partial charge in [-0.15, -0.1) is 0 Å². The molecule has 0 aliphatic heterocycles. The van der Waals surface area contributed by atoms with Crippen LogP contribution in [0.25, 0.3) is 0 Å². The summed E-state index contributed by atoms with van der Waals surface area (Å²) in [4.78, 5) is 3.51. The molecule has 0 saturated heterocycles. The van der Waals surface area contributed by atoms with Gasteiger partial charge >= 0.3 is 6.01 Å². The van der Waals surface area contributed by atoms with Gasteiger partial charge in [-0.05, 0) is 26.0 Å². The molecule has 0 aliphatic carbocycles. The topological polar surface area (TPSA) is 98.2 Å². The molecular weight excluding hydrogens is 273 g/mol. The molecule has 1 aromatic heterocycles. The summed E-state index contributed by atoms with van der Waals surface area (Å²) in [6.45, 7) is 3.11. The SMILES string of the molecule is Cc1coc(NS(=O)(=O)c2cc(N)c(C)c(F)c2)n1. The largest absolute Gasteiger partial charge is 0.431 e. The van der Waals surface area contributed by atoms with Crippen LogP contribution in [-0.2, 0) is 10.0 Å². The zero-order valence-corrected chi connectivity index (χ0v) is 11.1. The van der Waals surface area contributed by atoms with Crippen LogP contribution < -0.4 is 10.5 Å². The van der Waals surface area contributed by atoms with Crippen molar-refractivity contribution in [3.8, 4) is 0 Å². The van der Waals surface area contributed by atoms with Gasteiger partial charge in [-0.1, -0.05) is 0 Å². The van der Waals surface area contributed by atoms with Crippen molar-refractivity contribution in [1.82, 2.24) is 4.98 Å². The molecule has 2 rings (SSSR count). The lowest BCUT2D eigenvalue weighted by Crippen LogP contribution is -2.14. The van der Waals surface area contributed by atoms with E-state index in [-0.39, 0.29) is 22.2 Å². The summed E-state index contributed by atoms with van der Waals surface area (Å²) in [7, 11) is -3.99. The van der Waals surface area contributed by atoms with Crippen molar-refractivity contribution in [1.29, 1.82) is 0 Å². The van der Waals surface area contributed by atoms with Gasteiger partial charge in [-0.3, -0.25) is 0 Å². The first kappa shape index (κ1) is 13.3. The number of oxazole rings is 1. The number of nitrogens with two attached hydrogens (primary N) is 1. The molecule has 102 valence electrons. The van der Waals surface area contributed by atoms with Gasteiger partial charge in [0.2, 0.25) is 0 Å². The van der Waals surface area contributed by atoms with Crippen LogP contribution in [0.15, 0.2) is 27.7 Å². The normalized spacial score (nSPS) is 11.5. The Kier molecular flexibility index (Phi) is 3.19. The minimum atomic E-state index is -3.99. The third-order valence-electron chi connectivity index (χ3n) is 2.51. The number of nitrogens with zero attached hydrogens (tertiary/aromatic N) is 1. The summed E-state index contributed by atoms with van der Waals surface area (Å²) in [5.74, 6) is -0.691. The first-order valence-corrected chi connectivity index (χ1v) is 6.78. The van der Waals surface area contributed by atoms with Gasteiger partial charge in [0.15, 0.2) is 0 Å². The summed E-state index contributed by atoms with van der Waals surface area (Å²) in [5.41, 5.74) is 6.32. The van der Waals surface area contributed by atoms with Crippen molar-refractivity contribution in [2.24, 2.45) is 0 Å². The highest BCUT2D eigenvalue weighted by Crippen LogP contribution is 2.22. The predicted molar refractivity (Wildman–Crippen MR) is 67.6 cm³/mol. The summed E-state index contributed by atoms with van der Waals surface area (Å²) >= 11 is 0. The maximum atomic E-state index is 13.5. The average molecular weight is 285 g/mol. The number of aromatic nitrogens is 1. The molecule has 6 nitrogen and oxygen atoms in total. The van der Waals surface area contributed by atoms with E-state index in [1.54, 1.807) is 6.92 Å². The van der Waals surface area contributed by atoms with Crippen LogP contribution in [0.5, 0.6) is 0 Å². The molecule has 0 saturated carbocycles. The van der Waals surface area contributed by atoms with E-state index >= 15 is 0 Å². The van der Waals surface area contributed by atoms with Crippen LogP contribution in [0, 0.1) is 19.7 Å². The second kappa shape index (κ2) is 4.54. The van der Waals surface area contributed by atoms with Crippen LogP contribution in [0.3, 0.4) is 0 Å². The molecule has 19 heavy (non-hydrogen) atoms. The molecule has 1 heterocycles. The molecule has 3 N–H and O–H groups in total. The van der Waals surface area contributed by atoms with Crippen LogP contribution in [0.1, 0.15) is 11.3 Å². The number of aryl methyl sites for hydroxylation is 1. The predicted octanol–water partition coefficient (Wildman–Crippen LogP) is 1.81. The monoisotopic (exact) mass is 285 g/mol. The van der Waals surface area contributed by atoms with Crippen molar-refractivity contribution in [2.75, 3.05) is 10.5 Å². The lowest BCUT2D eigenvalue weighted by molar-refractivity contribution is 0.568. The van der Waals surface area contributed by atoms with Crippen LogP contribution in [0.2, 0.25) is 0 Å². The summed E-state index contributed by atoms with van der Waals surface area (Å²) in [6, 6.07) is 1.89. The molecule has 0 unspecified atom stereocenters. The van der Waals surface area contributed by atoms with Crippen LogP contribution in [0.4, 0.5) is 16.1 Å². The minimum absolute atomic E-state index is 0.0592. The van der Waals surface area contributed by atoms with E-state index in [0.717, 1.165) is 6.07 Å². The summed E-state index contributed by atoms with van der Waals surface area (Å²) < 4.78 is 44.5. The molecule has 0 aliphatic rings. The molecule has 0 atom stereocenters. The van der Waals surface area contributed by atoms with Gasteiger partial charge in [0, 0.05) is 11.3 Å². The molecule has 1 aromatic carbocycles. The lowest BCUT2D eigenvalue weighted by atomic mass is 10.2. The van der Waals surface area contributed by atoms with E-state index in [4.69, 9.17) is 10.2 Å². The second-order valence-electron chi connectivity index (χ2n) is 4.02. The summed E-state index contributed by atoms with van der Waals surface area (Å²) in [6.07, 6.45) is 1.29. The molecule has 0 spiro atoms. The fourth-order valence-electron chi connectivity index (χ4n) is 1.40. The maximum Gasteiger partial charge on any atom is 0.309 e. The highest BCUT2D eigenvalue weighted by Gasteiger charge is 2.19. The van der Waals surface area contributed by atoms with Crippen molar-refractivity contribution in [2.45, 2.75) is 18.7 Å². The summed E-state index contributed by atoms with van der Waals surface area (Å²) in [5, 5.41) is 0. The highest BCUT2D eigenvalue weighted by molar-refractivity contribution is 7.92. The third kappa shape index (κ3) is 2.68. The molecule has 0 amide bonds. The van der Waals surface area contributed by atoms with Gasteiger partial charge in [0.25, 0.3) is 10.0 Å². The van der Waals surface area contributed by atoms with Crippen molar-refractivity contribution < 1.29 is 17.2 Å². The zero-order chi connectivity index (χ0) is 14.2. The standard InChI is InChI=1S/C11H12FN3O3S/c1-6-5-18-11(14-6)15-19(16,17)8-3-9(12)7(2)10(13)4-8/h3-5H,13H2,1-2H3,(H,14,15). The molecule has 0 fully saturated rings. The van der Waals surface area contributed by atoms with Gasteiger partial charge in [-0.25, -0.2) is 17.5 Å². The molecule has 2 aromatic rings. The van der Waals surface area contributed by atoms with Gasteiger partial charge < -0.3 is 10.2 Å². The number of hydrogen-bond acceptors (Lipinski definition) is 5. The van der Waals surface area contributed by atoms with Gasteiger partial charge in [0.05, 0.1) is 10.6 Å². The Morgan fingerprint density at radius 2 is 2.05 bits per heavy atom. The first-order chi connectivity index (χ1) is 8.79. The number of nitrogen functional groups attached to an aromatic ring is 1. The number of nitrogens with one attached hydrogen (secondary N) is 1. The number of sulfonamides is 1. The Balaban J connectivity index is 2.40. The van der Waals surface area contributed by atoms with Gasteiger partial charge in [0.1, 0.15) is 12.1 Å². The number of hydrogen-bond donors (Lipinski definition) is 2. The molecule has 8 heteroatoms. The van der Waals surface area contributed by atoms with E-state index in [9.17, 15) is 12.8 Å². The maximum absolute atomic E-state index is 13.5. The zero-order valence-electron chi connectivity index (χ0n) is 10.3. The highest BCUT2D eigenvalue weighted by atomic mass is 32.2. The molecular formula is C11H12FN3O3S. The van der Waals surface area contributed by atoms with E-state index in [1.807, 2.05) is 0 Å². The molecule has 0 radical (unpaired) electrons. The molecule has 0 bridgehead atoms. The quantitative estimate of drug-likeness (QED) is 0.838. The van der Waals surface area contributed by atoms with E-state index in [1.165, 1.54) is 19.3 Å². The van der Waals surface area contributed by atoms with E-state index < -0.39 is 15.8 Å². The van der Waals surface area contributed by atoms with Crippen molar-refractivity contribution >= 4 is 21.7 Å². The second-order valence-corrected chi connectivity index (χ2v) is 5.70. The van der Waals surface area contributed by atoms with Crippen molar-refractivity contribution in [3.05, 3.63) is 35.5 Å². The number of rotatable bonds is 3. The fraction of sp³-hybridized carbons (Fsp3) is 0.182. The smallest absolute Gasteiger partial charge is 0.309 e. The lowest BCUT2D eigenvalue weighted by Gasteiger charge is -2.08. The fourth-order valence-corrected chi connectivity index (χ4v) is 2.39. The first-order valence-electron chi connectivity index (χ1n) is 5.30. The number of benzene rings is 1. The average Bonchev–Trinajstić information content (AvgIpc) is 2.70. The third-order valence-corrected chi connectivity index (χ3v) is 3.81. The Labute approximate surface area is 109 Å². The Morgan fingerprint density at radius 3 is 2.58 bits per heavy atom. The Morgan fingerprint density at radius 1 is 1.37 bits per heavy atom. The van der Waals surface area contributed by atoms with Crippen LogP contribution >= 0.6 is 0 Å². The number of anilines is 2. The van der Waals surface area contributed by atoms with E-state index in [2.05, 4.69) is 9.71 Å².